The molecule has 0 unspecified atom stereocenters. The third kappa shape index (κ3) is 4.09. The smallest absolute Gasteiger partial charge is 0.229 e. The third-order valence-corrected chi connectivity index (χ3v) is 3.67. The Hall–Kier alpha value is -1.30. The van der Waals surface area contributed by atoms with Gasteiger partial charge in [-0.05, 0) is 12.1 Å². The summed E-state index contributed by atoms with van der Waals surface area (Å²) in [6.45, 7) is 0.220. The van der Waals surface area contributed by atoms with Crippen LogP contribution in [-0.4, -0.2) is 17.5 Å². The molecule has 0 radical (unpaired) electrons. The fourth-order valence-corrected chi connectivity index (χ4v) is 2.21. The van der Waals surface area contributed by atoms with Gasteiger partial charge in [0, 0.05) is 11.6 Å². The van der Waals surface area contributed by atoms with Gasteiger partial charge in [0.1, 0.15) is 10.8 Å². The second-order valence-electron chi connectivity index (χ2n) is 3.54. The van der Waals surface area contributed by atoms with Crippen LogP contribution in [0, 0.1) is 0 Å². The van der Waals surface area contributed by atoms with Crippen LogP contribution in [-0.2, 0) is 4.79 Å². The lowest BCUT2D eigenvalue weighted by molar-refractivity contribution is -0.116. The van der Waals surface area contributed by atoms with Crippen LogP contribution in [0.5, 0.6) is 5.75 Å². The molecule has 1 N–H and O–H groups in total. The molecule has 0 aliphatic rings. The van der Waals surface area contributed by atoms with Crippen LogP contribution >= 0.6 is 34.5 Å². The Morgan fingerprint density at radius 2 is 2.26 bits per heavy atom. The van der Waals surface area contributed by atoms with Gasteiger partial charge in [-0.2, -0.15) is 0 Å². The van der Waals surface area contributed by atoms with E-state index < -0.39 is 0 Å². The maximum atomic E-state index is 11.6. The number of rotatable bonds is 5. The van der Waals surface area contributed by atoms with E-state index in [0.717, 1.165) is 0 Å². The zero-order chi connectivity index (χ0) is 13.7. The molecule has 0 saturated heterocycles. The van der Waals surface area contributed by atoms with E-state index in [1.807, 2.05) is 0 Å². The number of carbonyl (C=O) groups is 1. The van der Waals surface area contributed by atoms with Gasteiger partial charge in [-0.15, -0.1) is 11.3 Å². The molecule has 7 heteroatoms. The predicted molar refractivity (Wildman–Crippen MR) is 77.3 cm³/mol. The van der Waals surface area contributed by atoms with E-state index >= 15 is 0 Å². The maximum absolute atomic E-state index is 11.6. The van der Waals surface area contributed by atoms with E-state index in [1.54, 1.807) is 29.8 Å². The molecule has 1 heterocycles. The van der Waals surface area contributed by atoms with Gasteiger partial charge in [0.05, 0.1) is 18.1 Å². The molecule has 2 aromatic rings. The zero-order valence-corrected chi connectivity index (χ0v) is 12.1. The van der Waals surface area contributed by atoms with E-state index in [9.17, 15) is 4.79 Å². The Bertz CT molecular complexity index is 561. The molecule has 2 rings (SSSR count). The van der Waals surface area contributed by atoms with Crippen molar-refractivity contribution in [1.29, 1.82) is 0 Å². The highest BCUT2D eigenvalue weighted by atomic mass is 35.5. The summed E-state index contributed by atoms with van der Waals surface area (Å²) in [6, 6.07) is 5.11. The average Bonchev–Trinajstić information content (AvgIpc) is 2.87. The van der Waals surface area contributed by atoms with Crippen molar-refractivity contribution in [2.75, 3.05) is 11.9 Å². The number of benzene rings is 1. The Kier molecular flexibility index (Phi) is 5.01. The van der Waals surface area contributed by atoms with Crippen LogP contribution < -0.4 is 10.1 Å². The summed E-state index contributed by atoms with van der Waals surface area (Å²) in [4.78, 5) is 15.5. The highest BCUT2D eigenvalue weighted by molar-refractivity contribution is 7.13. The minimum Gasteiger partial charge on any atom is -0.491 e. The van der Waals surface area contributed by atoms with Gasteiger partial charge >= 0.3 is 0 Å². The molecule has 0 aliphatic carbocycles. The molecule has 0 spiro atoms. The molecule has 0 saturated carbocycles. The third-order valence-electron chi connectivity index (χ3n) is 2.18. The number of hydrogen-bond donors (Lipinski definition) is 1. The summed E-state index contributed by atoms with van der Waals surface area (Å²) in [5.74, 6) is 0.310. The molecule has 4 nitrogen and oxygen atoms in total. The van der Waals surface area contributed by atoms with Crippen molar-refractivity contribution in [2.24, 2.45) is 0 Å². The van der Waals surface area contributed by atoms with Crippen LogP contribution in [0.15, 0.2) is 29.8 Å². The maximum Gasteiger partial charge on any atom is 0.229 e. The van der Waals surface area contributed by atoms with Crippen molar-refractivity contribution in [1.82, 2.24) is 4.98 Å². The number of nitrogens with one attached hydrogen (secondary N) is 1. The summed E-state index contributed by atoms with van der Waals surface area (Å²) < 4.78 is 5.41. The molecule has 1 aromatic heterocycles. The van der Waals surface area contributed by atoms with Gasteiger partial charge in [-0.25, -0.2) is 4.98 Å². The van der Waals surface area contributed by atoms with Crippen LogP contribution in [0.4, 0.5) is 5.13 Å². The Labute approximate surface area is 124 Å². The van der Waals surface area contributed by atoms with Gasteiger partial charge in [0.15, 0.2) is 5.13 Å². The van der Waals surface area contributed by atoms with Gasteiger partial charge < -0.3 is 10.1 Å². The first-order valence-electron chi connectivity index (χ1n) is 5.43. The van der Waals surface area contributed by atoms with Crippen molar-refractivity contribution < 1.29 is 9.53 Å². The fourth-order valence-electron chi connectivity index (χ4n) is 1.32. The lowest BCUT2D eigenvalue weighted by atomic mass is 10.3. The van der Waals surface area contributed by atoms with Crippen molar-refractivity contribution >= 4 is 45.6 Å². The lowest BCUT2D eigenvalue weighted by Crippen LogP contribution is -2.15. The van der Waals surface area contributed by atoms with Crippen LogP contribution in [0.2, 0.25) is 10.0 Å². The molecule has 0 aliphatic heterocycles. The molecule has 1 amide bonds. The van der Waals surface area contributed by atoms with Gasteiger partial charge in [-0.3, -0.25) is 4.79 Å². The molecule has 0 fully saturated rings. The number of hydrogen-bond acceptors (Lipinski definition) is 4. The summed E-state index contributed by atoms with van der Waals surface area (Å²) in [5.41, 5.74) is 0. The number of anilines is 1. The molecule has 19 heavy (non-hydrogen) atoms. The molecule has 100 valence electrons. The summed E-state index contributed by atoms with van der Waals surface area (Å²) in [7, 11) is 0. The molecule has 0 atom stereocenters. The summed E-state index contributed by atoms with van der Waals surface area (Å²) >= 11 is 13.2. The standard InChI is InChI=1S/C12H10Cl2N2O2S/c13-8-2-1-3-9(11(8)14)18-6-4-10(17)16-12-15-5-7-19-12/h1-3,5,7H,4,6H2,(H,15,16,17). The number of nitrogens with zero attached hydrogens (tertiary/aromatic N) is 1. The van der Waals surface area contributed by atoms with Gasteiger partial charge in [0.25, 0.3) is 0 Å². The number of thiazole rings is 1. The Morgan fingerprint density at radius 3 is 3.00 bits per heavy atom. The molecular formula is C12H10Cl2N2O2S. The monoisotopic (exact) mass is 316 g/mol. The molecule has 0 bridgehead atoms. The minimum absolute atomic E-state index is 0.159. The van der Waals surface area contributed by atoms with E-state index in [-0.39, 0.29) is 18.9 Å². The van der Waals surface area contributed by atoms with Crippen molar-refractivity contribution in [3.63, 3.8) is 0 Å². The number of ether oxygens (including phenoxy) is 1. The largest absolute Gasteiger partial charge is 0.491 e. The lowest BCUT2D eigenvalue weighted by Gasteiger charge is -2.08. The summed E-state index contributed by atoms with van der Waals surface area (Å²) in [5, 5.41) is 5.80. The van der Waals surface area contributed by atoms with Crippen molar-refractivity contribution in [2.45, 2.75) is 6.42 Å². The van der Waals surface area contributed by atoms with Crippen LogP contribution in [0.3, 0.4) is 0 Å². The first-order valence-corrected chi connectivity index (χ1v) is 7.06. The van der Waals surface area contributed by atoms with Gasteiger partial charge in [0.2, 0.25) is 5.91 Å². The van der Waals surface area contributed by atoms with Crippen LogP contribution in [0.25, 0.3) is 0 Å². The highest BCUT2D eigenvalue weighted by Gasteiger charge is 2.07. The van der Waals surface area contributed by atoms with Crippen molar-refractivity contribution in [3.05, 3.63) is 39.8 Å². The molecule has 1 aromatic carbocycles. The normalized spacial score (nSPS) is 10.2. The fraction of sp³-hybridized carbons (Fsp3) is 0.167. The second kappa shape index (κ2) is 6.75. The average molecular weight is 317 g/mol. The number of amides is 1. The van der Waals surface area contributed by atoms with E-state index in [1.165, 1.54) is 11.3 Å². The van der Waals surface area contributed by atoms with Gasteiger partial charge in [-0.1, -0.05) is 29.3 Å². The number of aromatic nitrogens is 1. The predicted octanol–water partition coefficient (Wildman–Crippen LogP) is 3.86. The van der Waals surface area contributed by atoms with E-state index in [4.69, 9.17) is 27.9 Å². The topological polar surface area (TPSA) is 51.2 Å². The SMILES string of the molecule is O=C(CCOc1cccc(Cl)c1Cl)Nc1nccs1. The second-order valence-corrected chi connectivity index (χ2v) is 5.22. The first-order chi connectivity index (χ1) is 9.16. The van der Waals surface area contributed by atoms with E-state index in [2.05, 4.69) is 10.3 Å². The Morgan fingerprint density at radius 1 is 1.42 bits per heavy atom. The first kappa shape index (κ1) is 14.1. The summed E-state index contributed by atoms with van der Waals surface area (Å²) in [6.07, 6.45) is 1.84. The van der Waals surface area contributed by atoms with Crippen molar-refractivity contribution in [3.8, 4) is 5.75 Å². The number of halogens is 2. The Balaban J connectivity index is 1.80. The molecular weight excluding hydrogens is 307 g/mol. The highest BCUT2D eigenvalue weighted by Crippen LogP contribution is 2.31. The van der Waals surface area contributed by atoms with E-state index in [0.29, 0.717) is 20.9 Å². The number of carbonyl (C=O) groups excluding carboxylic acids is 1. The zero-order valence-electron chi connectivity index (χ0n) is 9.73. The minimum atomic E-state index is -0.159. The quantitative estimate of drug-likeness (QED) is 0.911. The van der Waals surface area contributed by atoms with Crippen LogP contribution in [0.1, 0.15) is 6.42 Å².